The normalized spacial score (nSPS) is 10.6. The SMILES string of the molecule is CCCCNC(=O)NCc1cc(C=CC(=O)O)cs1. The number of urea groups is 1. The second-order valence-corrected chi connectivity index (χ2v) is 4.98. The molecule has 1 rings (SSSR count). The van der Waals surface area contributed by atoms with E-state index in [1.807, 2.05) is 11.4 Å². The minimum atomic E-state index is -0.971. The van der Waals surface area contributed by atoms with Crippen molar-refractivity contribution >= 4 is 29.4 Å². The maximum absolute atomic E-state index is 11.4. The highest BCUT2D eigenvalue weighted by Crippen LogP contribution is 2.15. The van der Waals surface area contributed by atoms with Crippen LogP contribution in [0.4, 0.5) is 4.79 Å². The minimum absolute atomic E-state index is 0.176. The summed E-state index contributed by atoms with van der Waals surface area (Å²) >= 11 is 1.48. The van der Waals surface area contributed by atoms with E-state index in [2.05, 4.69) is 17.6 Å². The lowest BCUT2D eigenvalue weighted by atomic mass is 10.3. The number of carbonyl (C=O) groups excluding carboxylic acids is 1. The molecule has 0 aromatic carbocycles. The molecule has 0 bridgehead atoms. The topological polar surface area (TPSA) is 78.4 Å². The van der Waals surface area contributed by atoms with Crippen molar-refractivity contribution in [1.29, 1.82) is 0 Å². The van der Waals surface area contributed by atoms with Crippen LogP contribution in [-0.4, -0.2) is 23.7 Å². The predicted molar refractivity (Wildman–Crippen MR) is 76.1 cm³/mol. The van der Waals surface area contributed by atoms with Gasteiger partial charge in [-0.25, -0.2) is 9.59 Å². The molecule has 0 aliphatic heterocycles. The molecule has 19 heavy (non-hydrogen) atoms. The maximum Gasteiger partial charge on any atom is 0.328 e. The quantitative estimate of drug-likeness (QED) is 0.531. The number of hydrogen-bond acceptors (Lipinski definition) is 3. The molecule has 0 fully saturated rings. The molecular formula is C13H18N2O3S. The number of amides is 2. The van der Waals surface area contributed by atoms with Crippen molar-refractivity contribution in [2.24, 2.45) is 0 Å². The molecule has 0 spiro atoms. The second-order valence-electron chi connectivity index (χ2n) is 3.98. The van der Waals surface area contributed by atoms with Gasteiger partial charge in [-0.3, -0.25) is 0 Å². The number of aliphatic carboxylic acids is 1. The van der Waals surface area contributed by atoms with Gasteiger partial charge in [0.15, 0.2) is 0 Å². The number of unbranched alkanes of at least 4 members (excludes halogenated alkanes) is 1. The monoisotopic (exact) mass is 282 g/mol. The van der Waals surface area contributed by atoms with Gasteiger partial charge in [0.25, 0.3) is 0 Å². The van der Waals surface area contributed by atoms with Gasteiger partial charge >= 0.3 is 12.0 Å². The van der Waals surface area contributed by atoms with E-state index < -0.39 is 5.97 Å². The lowest BCUT2D eigenvalue weighted by molar-refractivity contribution is -0.131. The van der Waals surface area contributed by atoms with Gasteiger partial charge in [0.1, 0.15) is 0 Å². The molecule has 0 aliphatic rings. The highest BCUT2D eigenvalue weighted by Gasteiger charge is 2.02. The van der Waals surface area contributed by atoms with Gasteiger partial charge in [0.05, 0.1) is 6.54 Å². The summed E-state index contributed by atoms with van der Waals surface area (Å²) in [5, 5.41) is 15.9. The summed E-state index contributed by atoms with van der Waals surface area (Å²) in [5.41, 5.74) is 0.829. The Morgan fingerprint density at radius 1 is 1.42 bits per heavy atom. The van der Waals surface area contributed by atoms with Gasteiger partial charge in [-0.05, 0) is 29.5 Å². The molecule has 6 heteroatoms. The van der Waals surface area contributed by atoms with Gasteiger partial charge in [0.2, 0.25) is 0 Å². The predicted octanol–water partition coefficient (Wildman–Crippen LogP) is 2.45. The first-order valence-electron chi connectivity index (χ1n) is 6.12. The van der Waals surface area contributed by atoms with Crippen LogP contribution in [0.15, 0.2) is 17.5 Å². The van der Waals surface area contributed by atoms with E-state index >= 15 is 0 Å². The van der Waals surface area contributed by atoms with Crippen molar-refractivity contribution in [2.75, 3.05) is 6.54 Å². The molecule has 0 saturated heterocycles. The molecule has 1 aromatic rings. The number of thiophene rings is 1. The van der Waals surface area contributed by atoms with Gasteiger partial charge in [-0.1, -0.05) is 13.3 Å². The Hall–Kier alpha value is -1.82. The maximum atomic E-state index is 11.4. The molecule has 1 aromatic heterocycles. The van der Waals surface area contributed by atoms with Crippen molar-refractivity contribution in [2.45, 2.75) is 26.3 Å². The Kier molecular flexibility index (Phi) is 6.67. The van der Waals surface area contributed by atoms with E-state index in [1.165, 1.54) is 17.4 Å². The van der Waals surface area contributed by atoms with E-state index in [0.717, 1.165) is 29.4 Å². The summed E-state index contributed by atoms with van der Waals surface area (Å²) < 4.78 is 0. The van der Waals surface area contributed by atoms with Gasteiger partial charge < -0.3 is 15.7 Å². The Bertz CT molecular complexity index is 454. The third-order valence-corrected chi connectivity index (χ3v) is 3.29. The number of carboxylic acids is 1. The summed E-state index contributed by atoms with van der Waals surface area (Å²) in [7, 11) is 0. The van der Waals surface area contributed by atoms with E-state index in [4.69, 9.17) is 5.11 Å². The van der Waals surface area contributed by atoms with Crippen LogP contribution in [0.2, 0.25) is 0 Å². The third-order valence-electron chi connectivity index (χ3n) is 2.33. The second kappa shape index (κ2) is 8.31. The Morgan fingerprint density at radius 3 is 2.89 bits per heavy atom. The first-order chi connectivity index (χ1) is 9.11. The van der Waals surface area contributed by atoms with Gasteiger partial charge in [-0.15, -0.1) is 11.3 Å². The first-order valence-corrected chi connectivity index (χ1v) is 7.00. The molecule has 0 radical (unpaired) electrons. The summed E-state index contributed by atoms with van der Waals surface area (Å²) in [4.78, 5) is 22.8. The summed E-state index contributed by atoms with van der Waals surface area (Å²) in [6, 6.07) is 1.68. The van der Waals surface area contributed by atoms with Crippen LogP contribution in [0.25, 0.3) is 6.08 Å². The van der Waals surface area contributed by atoms with Crippen molar-refractivity contribution in [3.63, 3.8) is 0 Å². The number of hydrogen-bond donors (Lipinski definition) is 3. The van der Waals surface area contributed by atoms with E-state index in [1.54, 1.807) is 0 Å². The van der Waals surface area contributed by atoms with E-state index in [-0.39, 0.29) is 6.03 Å². The lowest BCUT2D eigenvalue weighted by Gasteiger charge is -2.05. The molecule has 3 N–H and O–H groups in total. The van der Waals surface area contributed by atoms with Crippen LogP contribution in [-0.2, 0) is 11.3 Å². The summed E-state index contributed by atoms with van der Waals surface area (Å²) in [6.45, 7) is 3.19. The van der Waals surface area contributed by atoms with Gasteiger partial charge in [0, 0.05) is 17.5 Å². The van der Waals surface area contributed by atoms with Crippen LogP contribution >= 0.6 is 11.3 Å². The molecule has 2 amide bonds. The first kappa shape index (κ1) is 15.2. The molecule has 0 atom stereocenters. The molecule has 1 heterocycles. The van der Waals surface area contributed by atoms with Crippen molar-refractivity contribution in [1.82, 2.24) is 10.6 Å². The molecular weight excluding hydrogens is 264 g/mol. The van der Waals surface area contributed by atoms with Gasteiger partial charge in [-0.2, -0.15) is 0 Å². The zero-order valence-corrected chi connectivity index (χ0v) is 11.6. The average Bonchev–Trinajstić information content (AvgIpc) is 2.82. The number of carbonyl (C=O) groups is 2. The molecule has 0 unspecified atom stereocenters. The zero-order valence-electron chi connectivity index (χ0n) is 10.8. The Morgan fingerprint density at radius 2 is 2.21 bits per heavy atom. The number of nitrogens with one attached hydrogen (secondary N) is 2. The van der Waals surface area contributed by atoms with E-state index in [0.29, 0.717) is 13.1 Å². The van der Waals surface area contributed by atoms with Crippen LogP contribution < -0.4 is 10.6 Å². The fourth-order valence-electron chi connectivity index (χ4n) is 1.35. The van der Waals surface area contributed by atoms with Crippen LogP contribution in [0.3, 0.4) is 0 Å². The molecule has 104 valence electrons. The fraction of sp³-hybridized carbons (Fsp3) is 0.385. The van der Waals surface area contributed by atoms with E-state index in [9.17, 15) is 9.59 Å². The fourth-order valence-corrected chi connectivity index (χ4v) is 2.15. The minimum Gasteiger partial charge on any atom is -0.478 e. The number of carboxylic acid groups (broad SMARTS) is 1. The Labute approximate surface area is 116 Å². The third kappa shape index (κ3) is 6.61. The standard InChI is InChI=1S/C13H18N2O3S/c1-2-3-6-14-13(18)15-8-11-7-10(9-19-11)4-5-12(16)17/h4-5,7,9H,2-3,6,8H2,1H3,(H,16,17)(H2,14,15,18). The average molecular weight is 282 g/mol. The largest absolute Gasteiger partial charge is 0.478 e. The highest BCUT2D eigenvalue weighted by atomic mass is 32.1. The Balaban J connectivity index is 2.33. The molecule has 0 saturated carbocycles. The summed E-state index contributed by atoms with van der Waals surface area (Å²) in [6.07, 6.45) is 4.64. The lowest BCUT2D eigenvalue weighted by Crippen LogP contribution is -2.35. The van der Waals surface area contributed by atoms with Crippen LogP contribution in [0.1, 0.15) is 30.2 Å². The van der Waals surface area contributed by atoms with Crippen molar-refractivity contribution in [3.05, 3.63) is 28.0 Å². The van der Waals surface area contributed by atoms with Crippen LogP contribution in [0, 0.1) is 0 Å². The van der Waals surface area contributed by atoms with Crippen LogP contribution in [0.5, 0.6) is 0 Å². The summed E-state index contributed by atoms with van der Waals surface area (Å²) in [5.74, 6) is -0.971. The number of rotatable bonds is 7. The smallest absolute Gasteiger partial charge is 0.328 e. The highest BCUT2D eigenvalue weighted by molar-refractivity contribution is 7.10. The molecule has 5 nitrogen and oxygen atoms in total. The van der Waals surface area contributed by atoms with Crippen molar-refractivity contribution in [3.8, 4) is 0 Å². The molecule has 0 aliphatic carbocycles. The zero-order chi connectivity index (χ0) is 14.1. The van der Waals surface area contributed by atoms with Crippen molar-refractivity contribution < 1.29 is 14.7 Å².